The van der Waals surface area contributed by atoms with E-state index in [0.29, 0.717) is 0 Å². The minimum atomic E-state index is 0.867. The molecule has 0 fully saturated rings. The Kier molecular flexibility index (Phi) is 9.24. The van der Waals surface area contributed by atoms with Crippen molar-refractivity contribution >= 4 is 0 Å². The number of hydrogen-bond acceptors (Lipinski definition) is 0. The molecule has 0 spiro atoms. The zero-order valence-electron chi connectivity index (χ0n) is 11.7. The molecule has 0 aromatic heterocycles. The molecule has 0 heterocycles. The molecule has 92 valence electrons. The molecule has 0 heteroatoms. The highest BCUT2D eigenvalue weighted by Gasteiger charge is 2.05. The van der Waals surface area contributed by atoms with Gasteiger partial charge in [0.2, 0.25) is 0 Å². The van der Waals surface area contributed by atoms with E-state index in [9.17, 15) is 0 Å². The first-order valence-corrected chi connectivity index (χ1v) is 7.04. The van der Waals surface area contributed by atoms with Crippen molar-refractivity contribution in [1.82, 2.24) is 0 Å². The maximum atomic E-state index is 2.39. The predicted octanol–water partition coefficient (Wildman–Crippen LogP) is 5.67. The van der Waals surface area contributed by atoms with Crippen LogP contribution in [0.3, 0.4) is 0 Å². The molecule has 0 N–H and O–H groups in total. The predicted molar refractivity (Wildman–Crippen MR) is 71.2 cm³/mol. The highest BCUT2D eigenvalue weighted by Crippen LogP contribution is 2.18. The first kappa shape index (κ1) is 15.0. The van der Waals surface area contributed by atoms with E-state index in [1.807, 2.05) is 0 Å². The molecule has 1 atom stereocenters. The van der Waals surface area contributed by atoms with Gasteiger partial charge in [0.05, 0.1) is 0 Å². The zero-order chi connectivity index (χ0) is 11.7. The highest BCUT2D eigenvalue weighted by atomic mass is 14.1. The van der Waals surface area contributed by atoms with Crippen molar-refractivity contribution in [3.63, 3.8) is 0 Å². The molecule has 0 nitrogen and oxygen atoms in total. The summed E-state index contributed by atoms with van der Waals surface area (Å²) in [5.41, 5.74) is 0. The Labute approximate surface area is 97.8 Å². The third-order valence-electron chi connectivity index (χ3n) is 3.58. The maximum Gasteiger partial charge on any atom is -0.0420 e. The fourth-order valence-electron chi connectivity index (χ4n) is 1.88. The van der Waals surface area contributed by atoms with Crippen LogP contribution < -0.4 is 0 Å². The Balaban J connectivity index is 3.11. The topological polar surface area (TPSA) is 0 Å². The first-order chi connectivity index (χ1) is 7.04. The van der Waals surface area contributed by atoms with Gasteiger partial charge in [-0.1, -0.05) is 79.6 Å². The summed E-state index contributed by atoms with van der Waals surface area (Å²) in [6.45, 7) is 11.7. The quantitative estimate of drug-likeness (QED) is 0.432. The number of unbranched alkanes of at least 4 members (excludes halogenated alkanes) is 4. The van der Waals surface area contributed by atoms with Gasteiger partial charge in [0.15, 0.2) is 0 Å². The molecule has 0 saturated heterocycles. The van der Waals surface area contributed by atoms with Gasteiger partial charge in [-0.25, -0.2) is 0 Å². The smallest absolute Gasteiger partial charge is 0.0420 e. The van der Waals surface area contributed by atoms with Crippen molar-refractivity contribution < 1.29 is 0 Å². The summed E-state index contributed by atoms with van der Waals surface area (Å²) in [5, 5.41) is 0. The summed E-state index contributed by atoms with van der Waals surface area (Å²) < 4.78 is 0. The monoisotopic (exact) mass is 212 g/mol. The molecular weight excluding hydrogens is 180 g/mol. The van der Waals surface area contributed by atoms with Crippen LogP contribution in [0.25, 0.3) is 0 Å². The molecule has 0 radical (unpaired) electrons. The lowest BCUT2D eigenvalue weighted by atomic mass is 9.92. The van der Waals surface area contributed by atoms with Crippen molar-refractivity contribution in [2.24, 2.45) is 17.8 Å². The molecule has 0 amide bonds. The molecule has 0 unspecified atom stereocenters. The van der Waals surface area contributed by atoms with Crippen LogP contribution in [0.15, 0.2) is 0 Å². The van der Waals surface area contributed by atoms with E-state index < -0.39 is 0 Å². The van der Waals surface area contributed by atoms with Crippen molar-refractivity contribution in [2.75, 3.05) is 0 Å². The molecule has 15 heavy (non-hydrogen) atoms. The summed E-state index contributed by atoms with van der Waals surface area (Å²) in [7, 11) is 0. The minimum Gasteiger partial charge on any atom is -0.0628 e. The van der Waals surface area contributed by atoms with E-state index in [1.54, 1.807) is 0 Å². The molecule has 0 aliphatic heterocycles. The van der Waals surface area contributed by atoms with Gasteiger partial charge in [-0.2, -0.15) is 0 Å². The second-order valence-corrected chi connectivity index (χ2v) is 5.96. The fourth-order valence-corrected chi connectivity index (χ4v) is 1.88. The summed E-state index contributed by atoms with van der Waals surface area (Å²) in [4.78, 5) is 0. The van der Waals surface area contributed by atoms with E-state index in [-0.39, 0.29) is 0 Å². The Hall–Kier alpha value is 0. The SMILES string of the molecule is CC(C)CCCCCCC[C@H](C)C(C)C. The van der Waals surface area contributed by atoms with Crippen LogP contribution in [0.2, 0.25) is 0 Å². The third-order valence-corrected chi connectivity index (χ3v) is 3.58. The number of hydrogen-bond donors (Lipinski definition) is 0. The van der Waals surface area contributed by atoms with Crippen molar-refractivity contribution in [3.05, 3.63) is 0 Å². The van der Waals surface area contributed by atoms with Gasteiger partial charge in [0, 0.05) is 0 Å². The average Bonchev–Trinajstić information content (AvgIpc) is 2.15. The van der Waals surface area contributed by atoms with E-state index in [0.717, 1.165) is 17.8 Å². The van der Waals surface area contributed by atoms with Crippen LogP contribution in [0.1, 0.15) is 79.6 Å². The van der Waals surface area contributed by atoms with E-state index in [1.165, 1.54) is 44.9 Å². The van der Waals surface area contributed by atoms with Crippen LogP contribution in [-0.2, 0) is 0 Å². The molecule has 0 rings (SSSR count). The summed E-state index contributed by atoms with van der Waals surface area (Å²) >= 11 is 0. The number of rotatable bonds is 9. The van der Waals surface area contributed by atoms with Crippen molar-refractivity contribution in [3.8, 4) is 0 Å². The van der Waals surface area contributed by atoms with Crippen LogP contribution in [0.4, 0.5) is 0 Å². The fraction of sp³-hybridized carbons (Fsp3) is 1.00. The average molecular weight is 212 g/mol. The molecule has 0 bridgehead atoms. The molecule has 0 aliphatic rings. The summed E-state index contributed by atoms with van der Waals surface area (Å²) in [6.07, 6.45) is 10.1. The van der Waals surface area contributed by atoms with Gasteiger partial charge in [-0.3, -0.25) is 0 Å². The van der Waals surface area contributed by atoms with Crippen LogP contribution in [-0.4, -0.2) is 0 Å². The van der Waals surface area contributed by atoms with Gasteiger partial charge in [-0.15, -0.1) is 0 Å². The van der Waals surface area contributed by atoms with Crippen LogP contribution >= 0.6 is 0 Å². The minimum absolute atomic E-state index is 0.867. The van der Waals surface area contributed by atoms with Crippen molar-refractivity contribution in [2.45, 2.75) is 79.6 Å². The van der Waals surface area contributed by atoms with E-state index in [2.05, 4.69) is 34.6 Å². The summed E-state index contributed by atoms with van der Waals surface area (Å²) in [6, 6.07) is 0. The first-order valence-electron chi connectivity index (χ1n) is 7.04. The third kappa shape index (κ3) is 10.3. The molecular formula is C15H32. The Morgan fingerprint density at radius 1 is 0.600 bits per heavy atom. The van der Waals surface area contributed by atoms with E-state index >= 15 is 0 Å². The summed E-state index contributed by atoms with van der Waals surface area (Å²) in [5.74, 6) is 2.68. The molecule has 0 aromatic rings. The maximum absolute atomic E-state index is 2.39. The molecule has 0 aliphatic carbocycles. The van der Waals surface area contributed by atoms with Crippen molar-refractivity contribution in [1.29, 1.82) is 0 Å². The lowest BCUT2D eigenvalue weighted by Crippen LogP contribution is -2.03. The largest absolute Gasteiger partial charge is 0.0628 e. The van der Waals surface area contributed by atoms with E-state index in [4.69, 9.17) is 0 Å². The Bertz CT molecular complexity index is 124. The van der Waals surface area contributed by atoms with Gasteiger partial charge >= 0.3 is 0 Å². The zero-order valence-corrected chi connectivity index (χ0v) is 11.7. The van der Waals surface area contributed by atoms with Crippen LogP contribution in [0, 0.1) is 17.8 Å². The molecule has 0 saturated carbocycles. The molecule has 0 aromatic carbocycles. The highest BCUT2D eigenvalue weighted by molar-refractivity contribution is 4.57. The Morgan fingerprint density at radius 3 is 1.53 bits per heavy atom. The van der Waals surface area contributed by atoms with Gasteiger partial charge in [-0.05, 0) is 17.8 Å². The Morgan fingerprint density at radius 2 is 1.07 bits per heavy atom. The normalized spacial score (nSPS) is 13.8. The second-order valence-electron chi connectivity index (χ2n) is 5.96. The van der Waals surface area contributed by atoms with Gasteiger partial charge in [0.1, 0.15) is 0 Å². The lowest BCUT2D eigenvalue weighted by molar-refractivity contribution is 0.374. The van der Waals surface area contributed by atoms with Gasteiger partial charge < -0.3 is 0 Å². The second kappa shape index (κ2) is 9.24. The van der Waals surface area contributed by atoms with Gasteiger partial charge in [0.25, 0.3) is 0 Å². The standard InChI is InChI=1S/C15H32/c1-13(2)11-9-7-6-8-10-12-15(5)14(3)4/h13-15H,6-12H2,1-5H3/t15-/m0/s1. The van der Waals surface area contributed by atoms with Crippen LogP contribution in [0.5, 0.6) is 0 Å². The lowest BCUT2D eigenvalue weighted by Gasteiger charge is -2.14.